The number of ether oxygens (including phenoxy) is 1. The van der Waals surface area contributed by atoms with Gasteiger partial charge in [0.15, 0.2) is 0 Å². The standard InChI is InChI=1S/C13H15ClFNO2/c14-11-8-10(15)4-5-12(11)18-7-6-16-13(17)9-2-1-3-9/h4-5,8-9H,1-3,6-7H2,(H,16,17). The topological polar surface area (TPSA) is 38.3 Å². The van der Waals surface area contributed by atoms with Gasteiger partial charge in [-0.25, -0.2) is 4.39 Å². The van der Waals surface area contributed by atoms with Gasteiger partial charge in [-0.1, -0.05) is 18.0 Å². The molecule has 0 unspecified atom stereocenters. The summed E-state index contributed by atoms with van der Waals surface area (Å²) in [5.41, 5.74) is 0. The van der Waals surface area contributed by atoms with Gasteiger partial charge in [-0.05, 0) is 31.0 Å². The van der Waals surface area contributed by atoms with Gasteiger partial charge in [0.2, 0.25) is 5.91 Å². The molecule has 1 fully saturated rings. The molecule has 0 heterocycles. The molecule has 2 rings (SSSR count). The van der Waals surface area contributed by atoms with Crippen LogP contribution in [0.15, 0.2) is 18.2 Å². The SMILES string of the molecule is O=C(NCCOc1ccc(F)cc1Cl)C1CCC1. The number of amides is 1. The highest BCUT2D eigenvalue weighted by Gasteiger charge is 2.24. The molecule has 1 aromatic rings. The predicted octanol–water partition coefficient (Wildman–Crippen LogP) is 2.77. The van der Waals surface area contributed by atoms with E-state index >= 15 is 0 Å². The van der Waals surface area contributed by atoms with Gasteiger partial charge >= 0.3 is 0 Å². The van der Waals surface area contributed by atoms with Crippen LogP contribution in [0.3, 0.4) is 0 Å². The zero-order valence-corrected chi connectivity index (χ0v) is 10.7. The van der Waals surface area contributed by atoms with Gasteiger partial charge < -0.3 is 10.1 Å². The number of hydrogen-bond acceptors (Lipinski definition) is 2. The average molecular weight is 272 g/mol. The maximum absolute atomic E-state index is 12.8. The Morgan fingerprint density at radius 1 is 1.50 bits per heavy atom. The van der Waals surface area contributed by atoms with Gasteiger partial charge in [0.25, 0.3) is 0 Å². The van der Waals surface area contributed by atoms with Crippen molar-refractivity contribution in [3.05, 3.63) is 29.0 Å². The van der Waals surface area contributed by atoms with E-state index in [0.29, 0.717) is 18.9 Å². The van der Waals surface area contributed by atoms with E-state index in [4.69, 9.17) is 16.3 Å². The number of carbonyl (C=O) groups is 1. The molecule has 1 aliphatic carbocycles. The number of benzene rings is 1. The Hall–Kier alpha value is -1.29. The highest BCUT2D eigenvalue weighted by atomic mass is 35.5. The van der Waals surface area contributed by atoms with Crippen molar-refractivity contribution in [3.63, 3.8) is 0 Å². The second kappa shape index (κ2) is 6.05. The molecule has 1 saturated carbocycles. The molecular weight excluding hydrogens is 257 g/mol. The van der Waals surface area contributed by atoms with Gasteiger partial charge in [0, 0.05) is 5.92 Å². The van der Waals surface area contributed by atoms with E-state index in [0.717, 1.165) is 19.3 Å². The summed E-state index contributed by atoms with van der Waals surface area (Å²) in [4.78, 5) is 11.5. The van der Waals surface area contributed by atoms with E-state index in [1.807, 2.05) is 0 Å². The lowest BCUT2D eigenvalue weighted by Gasteiger charge is -2.24. The molecule has 0 radical (unpaired) electrons. The molecular formula is C13H15ClFNO2. The van der Waals surface area contributed by atoms with Crippen molar-refractivity contribution >= 4 is 17.5 Å². The van der Waals surface area contributed by atoms with E-state index in [9.17, 15) is 9.18 Å². The van der Waals surface area contributed by atoms with Crippen LogP contribution in [0.25, 0.3) is 0 Å². The van der Waals surface area contributed by atoms with Gasteiger partial charge in [0.05, 0.1) is 11.6 Å². The van der Waals surface area contributed by atoms with Crippen molar-refractivity contribution in [1.29, 1.82) is 0 Å². The van der Waals surface area contributed by atoms with Crippen LogP contribution >= 0.6 is 11.6 Å². The van der Waals surface area contributed by atoms with Gasteiger partial charge in [-0.2, -0.15) is 0 Å². The van der Waals surface area contributed by atoms with Crippen LogP contribution in [-0.4, -0.2) is 19.1 Å². The fourth-order valence-corrected chi connectivity index (χ4v) is 1.96. The summed E-state index contributed by atoms with van der Waals surface area (Å²) < 4.78 is 18.1. The van der Waals surface area contributed by atoms with Crippen LogP contribution in [0.1, 0.15) is 19.3 Å². The third-order valence-corrected chi connectivity index (χ3v) is 3.32. The highest BCUT2D eigenvalue weighted by molar-refractivity contribution is 6.32. The summed E-state index contributed by atoms with van der Waals surface area (Å²) in [5.74, 6) is 0.302. The summed E-state index contributed by atoms with van der Waals surface area (Å²) in [5, 5.41) is 3.04. The molecule has 0 saturated heterocycles. The molecule has 0 aromatic heterocycles. The van der Waals surface area contributed by atoms with Crippen molar-refractivity contribution < 1.29 is 13.9 Å². The maximum atomic E-state index is 12.8. The lowest BCUT2D eigenvalue weighted by Crippen LogP contribution is -2.36. The molecule has 18 heavy (non-hydrogen) atoms. The second-order valence-electron chi connectivity index (χ2n) is 4.34. The zero-order chi connectivity index (χ0) is 13.0. The predicted molar refractivity (Wildman–Crippen MR) is 67.3 cm³/mol. The Labute approximate surface area is 110 Å². The molecule has 5 heteroatoms. The van der Waals surface area contributed by atoms with E-state index in [-0.39, 0.29) is 16.8 Å². The van der Waals surface area contributed by atoms with Crippen LogP contribution in [0.5, 0.6) is 5.75 Å². The average Bonchev–Trinajstić information content (AvgIpc) is 2.24. The summed E-state index contributed by atoms with van der Waals surface area (Å²) in [6.07, 6.45) is 3.10. The monoisotopic (exact) mass is 271 g/mol. The van der Waals surface area contributed by atoms with E-state index < -0.39 is 5.82 Å². The van der Waals surface area contributed by atoms with Crippen LogP contribution in [0.4, 0.5) is 4.39 Å². The molecule has 0 atom stereocenters. The number of rotatable bonds is 5. The number of hydrogen-bond donors (Lipinski definition) is 1. The molecule has 1 amide bonds. The first-order valence-corrected chi connectivity index (χ1v) is 6.40. The summed E-state index contributed by atoms with van der Waals surface area (Å²) in [6.45, 7) is 0.757. The minimum atomic E-state index is -0.398. The molecule has 1 aliphatic rings. The third-order valence-electron chi connectivity index (χ3n) is 3.03. The Balaban J connectivity index is 1.70. The number of halogens is 2. The summed E-state index contributed by atoms with van der Waals surface area (Å²) in [7, 11) is 0. The Bertz CT molecular complexity index is 435. The van der Waals surface area contributed by atoms with E-state index in [1.165, 1.54) is 18.2 Å². The van der Waals surface area contributed by atoms with E-state index in [1.54, 1.807) is 0 Å². The smallest absolute Gasteiger partial charge is 0.223 e. The van der Waals surface area contributed by atoms with Crippen LogP contribution in [0.2, 0.25) is 5.02 Å². The zero-order valence-electron chi connectivity index (χ0n) is 9.92. The first-order valence-electron chi connectivity index (χ1n) is 6.02. The maximum Gasteiger partial charge on any atom is 0.223 e. The van der Waals surface area contributed by atoms with Crippen LogP contribution in [-0.2, 0) is 4.79 Å². The van der Waals surface area contributed by atoms with E-state index in [2.05, 4.69) is 5.32 Å². The molecule has 0 aliphatic heterocycles. The molecule has 0 spiro atoms. The largest absolute Gasteiger partial charge is 0.490 e. The quantitative estimate of drug-likeness (QED) is 0.837. The Morgan fingerprint density at radius 3 is 2.89 bits per heavy atom. The van der Waals surface area contributed by atoms with Crippen molar-refractivity contribution in [2.75, 3.05) is 13.2 Å². The molecule has 1 N–H and O–H groups in total. The minimum absolute atomic E-state index is 0.0926. The fraction of sp³-hybridized carbons (Fsp3) is 0.462. The minimum Gasteiger partial charge on any atom is -0.490 e. The Morgan fingerprint density at radius 2 is 2.28 bits per heavy atom. The summed E-state index contributed by atoms with van der Waals surface area (Å²) >= 11 is 5.80. The fourth-order valence-electron chi connectivity index (χ4n) is 1.74. The normalized spacial score (nSPS) is 15.0. The third kappa shape index (κ3) is 3.35. The highest BCUT2D eigenvalue weighted by Crippen LogP contribution is 2.26. The van der Waals surface area contributed by atoms with Gasteiger partial charge in [0.1, 0.15) is 18.2 Å². The number of nitrogens with one attached hydrogen (secondary N) is 1. The van der Waals surface area contributed by atoms with Crippen LogP contribution < -0.4 is 10.1 Å². The van der Waals surface area contributed by atoms with Gasteiger partial charge in [-0.15, -0.1) is 0 Å². The first-order chi connectivity index (χ1) is 8.66. The lowest BCUT2D eigenvalue weighted by atomic mass is 9.85. The molecule has 3 nitrogen and oxygen atoms in total. The first kappa shape index (κ1) is 13.1. The molecule has 0 bridgehead atoms. The van der Waals surface area contributed by atoms with Crippen molar-refractivity contribution in [2.45, 2.75) is 19.3 Å². The lowest BCUT2D eigenvalue weighted by molar-refractivity contribution is -0.127. The van der Waals surface area contributed by atoms with Crippen molar-refractivity contribution in [2.24, 2.45) is 5.92 Å². The van der Waals surface area contributed by atoms with Crippen molar-refractivity contribution in [3.8, 4) is 5.75 Å². The second-order valence-corrected chi connectivity index (χ2v) is 4.75. The number of carbonyl (C=O) groups excluding carboxylic acids is 1. The van der Waals surface area contributed by atoms with Crippen molar-refractivity contribution in [1.82, 2.24) is 5.32 Å². The molecule has 1 aromatic carbocycles. The Kier molecular flexibility index (Phi) is 4.42. The van der Waals surface area contributed by atoms with Crippen LogP contribution in [0, 0.1) is 11.7 Å². The summed E-state index contributed by atoms with van der Waals surface area (Å²) in [6, 6.07) is 3.96. The molecule has 98 valence electrons. The van der Waals surface area contributed by atoms with Gasteiger partial charge in [-0.3, -0.25) is 4.79 Å².